The van der Waals surface area contributed by atoms with Gasteiger partial charge in [-0.25, -0.2) is 4.98 Å². The maximum absolute atomic E-state index is 5.70. The number of piperidine rings is 1. The van der Waals surface area contributed by atoms with Crippen LogP contribution in [0.3, 0.4) is 0 Å². The van der Waals surface area contributed by atoms with E-state index in [9.17, 15) is 0 Å². The van der Waals surface area contributed by atoms with Crippen molar-refractivity contribution in [3.63, 3.8) is 0 Å². The second-order valence-electron chi connectivity index (χ2n) is 4.84. The topological polar surface area (TPSA) is 75.8 Å². The molecule has 2 aromatic heterocycles. The Morgan fingerprint density at radius 1 is 1.33 bits per heavy atom. The normalized spacial score (nSPS) is 18.2. The molecule has 0 aromatic carbocycles. The number of nitrogens with one attached hydrogen (secondary N) is 1. The summed E-state index contributed by atoms with van der Waals surface area (Å²) in [6.07, 6.45) is 9.51. The summed E-state index contributed by atoms with van der Waals surface area (Å²) >= 11 is 0. The van der Waals surface area contributed by atoms with Gasteiger partial charge in [0.25, 0.3) is 0 Å². The van der Waals surface area contributed by atoms with E-state index >= 15 is 0 Å². The highest BCUT2D eigenvalue weighted by Crippen LogP contribution is 2.23. The predicted octanol–water partition coefficient (Wildman–Crippen LogP) is 1.03. The lowest BCUT2D eigenvalue weighted by atomic mass is 10.1. The Balaban J connectivity index is 1.55. The fourth-order valence-electron chi connectivity index (χ4n) is 2.51. The monoisotopic (exact) mass is 246 g/mol. The Bertz CT molecular complexity index is 480. The molecule has 0 unspecified atom stereocenters. The Kier molecular flexibility index (Phi) is 3.02. The first kappa shape index (κ1) is 11.3. The van der Waals surface area contributed by atoms with Gasteiger partial charge in [-0.05, 0) is 12.8 Å². The third-order valence-corrected chi connectivity index (χ3v) is 3.50. The number of aromatic amines is 1. The van der Waals surface area contributed by atoms with E-state index in [1.54, 1.807) is 12.5 Å². The standard InChI is InChI=1S/C12H18N6/c13-10-5-16-18(7-10)12-1-3-17(4-2-12)8-11-6-14-9-15-11/h5-7,9,12H,1-4,8,13H2,(H,14,15). The van der Waals surface area contributed by atoms with Crippen molar-refractivity contribution in [3.05, 3.63) is 30.6 Å². The molecular formula is C12H18N6. The third-order valence-electron chi connectivity index (χ3n) is 3.50. The molecule has 0 atom stereocenters. The van der Waals surface area contributed by atoms with Crippen LogP contribution in [-0.2, 0) is 6.54 Å². The zero-order chi connectivity index (χ0) is 12.4. The molecule has 1 aliphatic heterocycles. The first-order valence-electron chi connectivity index (χ1n) is 6.30. The fourth-order valence-corrected chi connectivity index (χ4v) is 2.51. The minimum absolute atomic E-state index is 0.486. The molecule has 2 aromatic rings. The van der Waals surface area contributed by atoms with E-state index in [0.717, 1.165) is 38.2 Å². The van der Waals surface area contributed by atoms with Crippen LogP contribution in [0.15, 0.2) is 24.9 Å². The lowest BCUT2D eigenvalue weighted by Gasteiger charge is -2.31. The van der Waals surface area contributed by atoms with Crippen LogP contribution in [0, 0.1) is 0 Å². The van der Waals surface area contributed by atoms with Crippen LogP contribution in [0.1, 0.15) is 24.6 Å². The molecule has 0 bridgehead atoms. The fraction of sp³-hybridized carbons (Fsp3) is 0.500. The van der Waals surface area contributed by atoms with Gasteiger partial charge in [0.1, 0.15) is 0 Å². The van der Waals surface area contributed by atoms with Gasteiger partial charge in [0, 0.05) is 37.7 Å². The molecule has 6 heteroatoms. The van der Waals surface area contributed by atoms with E-state index in [0.29, 0.717) is 6.04 Å². The first-order chi connectivity index (χ1) is 8.81. The van der Waals surface area contributed by atoms with Crippen LogP contribution < -0.4 is 5.73 Å². The van der Waals surface area contributed by atoms with Crippen molar-refractivity contribution in [2.24, 2.45) is 0 Å². The van der Waals surface area contributed by atoms with Gasteiger partial charge in [0.2, 0.25) is 0 Å². The molecule has 0 amide bonds. The van der Waals surface area contributed by atoms with Crippen LogP contribution in [0.2, 0.25) is 0 Å². The van der Waals surface area contributed by atoms with Gasteiger partial charge in [0.15, 0.2) is 0 Å². The lowest BCUT2D eigenvalue weighted by Crippen LogP contribution is -2.34. The number of aromatic nitrogens is 4. The van der Waals surface area contributed by atoms with Crippen molar-refractivity contribution in [1.29, 1.82) is 0 Å². The molecule has 18 heavy (non-hydrogen) atoms. The summed E-state index contributed by atoms with van der Waals surface area (Å²) in [6.45, 7) is 3.13. The van der Waals surface area contributed by atoms with Crippen molar-refractivity contribution < 1.29 is 0 Å². The largest absolute Gasteiger partial charge is 0.396 e. The highest BCUT2D eigenvalue weighted by atomic mass is 15.3. The van der Waals surface area contributed by atoms with E-state index in [2.05, 4.69) is 20.0 Å². The van der Waals surface area contributed by atoms with Crippen molar-refractivity contribution in [2.45, 2.75) is 25.4 Å². The number of anilines is 1. The molecule has 0 aliphatic carbocycles. The van der Waals surface area contributed by atoms with Crippen LogP contribution in [-0.4, -0.2) is 37.7 Å². The van der Waals surface area contributed by atoms with Gasteiger partial charge >= 0.3 is 0 Å². The molecule has 1 saturated heterocycles. The number of H-pyrrole nitrogens is 1. The van der Waals surface area contributed by atoms with Gasteiger partial charge in [-0.3, -0.25) is 9.58 Å². The third kappa shape index (κ3) is 2.38. The second kappa shape index (κ2) is 4.81. The van der Waals surface area contributed by atoms with Crippen LogP contribution in [0.5, 0.6) is 0 Å². The van der Waals surface area contributed by atoms with Crippen molar-refractivity contribution >= 4 is 5.69 Å². The minimum atomic E-state index is 0.486. The highest BCUT2D eigenvalue weighted by molar-refractivity contribution is 5.30. The number of likely N-dealkylation sites (tertiary alicyclic amines) is 1. The Morgan fingerprint density at radius 2 is 2.17 bits per heavy atom. The summed E-state index contributed by atoms with van der Waals surface area (Å²) in [4.78, 5) is 9.63. The second-order valence-corrected chi connectivity index (χ2v) is 4.84. The molecule has 96 valence electrons. The Morgan fingerprint density at radius 3 is 2.78 bits per heavy atom. The molecule has 0 radical (unpaired) electrons. The first-order valence-corrected chi connectivity index (χ1v) is 6.30. The van der Waals surface area contributed by atoms with E-state index < -0.39 is 0 Å². The van der Waals surface area contributed by atoms with Gasteiger partial charge in [-0.15, -0.1) is 0 Å². The average molecular weight is 246 g/mol. The zero-order valence-electron chi connectivity index (χ0n) is 10.3. The SMILES string of the molecule is Nc1cnn(C2CCN(Cc3cnc[nH]3)CC2)c1. The molecule has 3 N–H and O–H groups in total. The smallest absolute Gasteiger partial charge is 0.0922 e. The lowest BCUT2D eigenvalue weighted by molar-refractivity contribution is 0.172. The maximum atomic E-state index is 5.70. The van der Waals surface area contributed by atoms with Crippen molar-refractivity contribution in [2.75, 3.05) is 18.8 Å². The molecule has 0 spiro atoms. The summed E-state index contributed by atoms with van der Waals surface area (Å²) in [5.74, 6) is 0. The quantitative estimate of drug-likeness (QED) is 0.848. The van der Waals surface area contributed by atoms with Crippen LogP contribution in [0.4, 0.5) is 5.69 Å². The number of rotatable bonds is 3. The van der Waals surface area contributed by atoms with Crippen LogP contribution in [0.25, 0.3) is 0 Å². The molecule has 6 nitrogen and oxygen atoms in total. The molecular weight excluding hydrogens is 228 g/mol. The van der Waals surface area contributed by atoms with E-state index in [1.807, 2.05) is 17.1 Å². The summed E-state index contributed by atoms with van der Waals surface area (Å²) < 4.78 is 2.00. The summed E-state index contributed by atoms with van der Waals surface area (Å²) in [5.41, 5.74) is 7.62. The van der Waals surface area contributed by atoms with Gasteiger partial charge in [0.05, 0.1) is 24.3 Å². The molecule has 3 heterocycles. The number of nitrogens with two attached hydrogens (primary N) is 1. The van der Waals surface area contributed by atoms with E-state index in [-0.39, 0.29) is 0 Å². The number of imidazole rings is 1. The van der Waals surface area contributed by atoms with E-state index in [4.69, 9.17) is 5.73 Å². The number of hydrogen-bond donors (Lipinski definition) is 2. The predicted molar refractivity (Wildman–Crippen MR) is 68.8 cm³/mol. The number of nitrogens with zero attached hydrogens (tertiary/aromatic N) is 4. The minimum Gasteiger partial charge on any atom is -0.396 e. The van der Waals surface area contributed by atoms with Gasteiger partial charge < -0.3 is 10.7 Å². The van der Waals surface area contributed by atoms with Crippen molar-refractivity contribution in [1.82, 2.24) is 24.6 Å². The molecule has 1 aliphatic rings. The zero-order valence-corrected chi connectivity index (χ0v) is 10.3. The summed E-state index contributed by atoms with van der Waals surface area (Å²) in [5, 5.41) is 4.30. The highest BCUT2D eigenvalue weighted by Gasteiger charge is 2.21. The van der Waals surface area contributed by atoms with Gasteiger partial charge in [-0.2, -0.15) is 5.10 Å². The molecule has 0 saturated carbocycles. The number of hydrogen-bond acceptors (Lipinski definition) is 4. The van der Waals surface area contributed by atoms with Gasteiger partial charge in [-0.1, -0.05) is 0 Å². The van der Waals surface area contributed by atoms with Crippen molar-refractivity contribution in [3.8, 4) is 0 Å². The Labute approximate surface area is 106 Å². The summed E-state index contributed by atoms with van der Waals surface area (Å²) in [6, 6.07) is 0.486. The van der Waals surface area contributed by atoms with E-state index in [1.165, 1.54) is 5.69 Å². The molecule has 3 rings (SSSR count). The maximum Gasteiger partial charge on any atom is 0.0922 e. The average Bonchev–Trinajstić information content (AvgIpc) is 3.02. The molecule has 1 fully saturated rings. The number of nitrogen functional groups attached to an aromatic ring is 1. The van der Waals surface area contributed by atoms with Crippen LogP contribution >= 0.6 is 0 Å². The Hall–Kier alpha value is -1.82. The summed E-state index contributed by atoms with van der Waals surface area (Å²) in [7, 11) is 0.